The normalized spacial score (nSPS) is 16.1. The number of rotatable bonds is 5. The van der Waals surface area contributed by atoms with E-state index in [1.807, 2.05) is 13.8 Å². The van der Waals surface area contributed by atoms with Crippen molar-refractivity contribution in [1.82, 2.24) is 14.6 Å². The van der Waals surface area contributed by atoms with Gasteiger partial charge in [0, 0.05) is 17.8 Å². The van der Waals surface area contributed by atoms with Gasteiger partial charge in [0.1, 0.15) is 23.9 Å². The van der Waals surface area contributed by atoms with Crippen LogP contribution in [0, 0.1) is 11.6 Å². The summed E-state index contributed by atoms with van der Waals surface area (Å²) in [6, 6.07) is 3.68. The number of anilines is 2. The molecule has 4 rings (SSSR count). The molecule has 1 aliphatic heterocycles. The molecule has 0 unspecified atom stereocenters. The quantitative estimate of drug-likeness (QED) is 0.659. The van der Waals surface area contributed by atoms with Gasteiger partial charge in [-0.15, -0.1) is 0 Å². The van der Waals surface area contributed by atoms with Gasteiger partial charge in [0.05, 0.1) is 24.9 Å². The van der Waals surface area contributed by atoms with Crippen molar-refractivity contribution in [3.8, 4) is 5.75 Å². The maximum absolute atomic E-state index is 14.0. The van der Waals surface area contributed by atoms with Crippen LogP contribution in [-0.4, -0.2) is 39.9 Å². The standard InChI is InChI=1S/C20H22F2N6O2/c1-11(13-7-12(21)8-14(22)17(13)29-4)24-16-5-6-28-18(26-16)15(9-23-28)25-19-27-20(2,3)10-30-19/h5-9,11H,10H2,1-4H3,(H,24,26)(H,25,27)/t11-/m1/s1. The number of benzene rings is 1. The molecule has 30 heavy (non-hydrogen) atoms. The van der Waals surface area contributed by atoms with Crippen molar-refractivity contribution in [2.45, 2.75) is 32.4 Å². The minimum atomic E-state index is -0.757. The van der Waals surface area contributed by atoms with Crippen LogP contribution in [0.4, 0.5) is 20.3 Å². The molecule has 3 heterocycles. The van der Waals surface area contributed by atoms with E-state index in [1.165, 1.54) is 13.2 Å². The molecule has 158 valence electrons. The van der Waals surface area contributed by atoms with Crippen LogP contribution in [0.5, 0.6) is 5.75 Å². The largest absolute Gasteiger partial charge is 0.493 e. The lowest BCUT2D eigenvalue weighted by molar-refractivity contribution is 0.278. The van der Waals surface area contributed by atoms with Gasteiger partial charge in [0.15, 0.2) is 17.2 Å². The summed E-state index contributed by atoms with van der Waals surface area (Å²) in [7, 11) is 1.34. The highest BCUT2D eigenvalue weighted by molar-refractivity contribution is 5.93. The Kier molecular flexibility index (Phi) is 4.92. The molecule has 8 nitrogen and oxygen atoms in total. The highest BCUT2D eigenvalue weighted by atomic mass is 19.1. The molecule has 2 aromatic heterocycles. The smallest absolute Gasteiger partial charge is 0.290 e. The summed E-state index contributed by atoms with van der Waals surface area (Å²) in [6.07, 6.45) is 3.35. The second-order valence-electron chi connectivity index (χ2n) is 7.66. The van der Waals surface area contributed by atoms with E-state index in [-0.39, 0.29) is 11.3 Å². The fourth-order valence-electron chi connectivity index (χ4n) is 3.22. The first-order valence-electron chi connectivity index (χ1n) is 9.39. The summed E-state index contributed by atoms with van der Waals surface area (Å²) in [4.78, 5) is 9.03. The summed E-state index contributed by atoms with van der Waals surface area (Å²) in [5.74, 6) is -0.946. The number of hydrogen-bond acceptors (Lipinski definition) is 7. The zero-order valence-corrected chi connectivity index (χ0v) is 17.0. The van der Waals surface area contributed by atoms with Crippen LogP contribution >= 0.6 is 0 Å². The van der Waals surface area contributed by atoms with Gasteiger partial charge >= 0.3 is 0 Å². The highest BCUT2D eigenvalue weighted by Gasteiger charge is 2.27. The predicted octanol–water partition coefficient (Wildman–Crippen LogP) is 3.77. The first-order chi connectivity index (χ1) is 14.3. The van der Waals surface area contributed by atoms with Crippen LogP contribution in [-0.2, 0) is 4.74 Å². The fourth-order valence-corrected chi connectivity index (χ4v) is 3.22. The van der Waals surface area contributed by atoms with Crippen LogP contribution in [0.1, 0.15) is 32.4 Å². The van der Waals surface area contributed by atoms with Gasteiger partial charge in [-0.25, -0.2) is 23.3 Å². The van der Waals surface area contributed by atoms with E-state index in [0.29, 0.717) is 35.3 Å². The van der Waals surface area contributed by atoms with Gasteiger partial charge in [0.2, 0.25) is 0 Å². The number of ether oxygens (including phenoxy) is 2. The highest BCUT2D eigenvalue weighted by Crippen LogP contribution is 2.31. The lowest BCUT2D eigenvalue weighted by Crippen LogP contribution is -2.17. The Balaban J connectivity index is 1.60. The van der Waals surface area contributed by atoms with Crippen molar-refractivity contribution >= 4 is 23.2 Å². The van der Waals surface area contributed by atoms with Crippen LogP contribution in [0.25, 0.3) is 5.65 Å². The Morgan fingerprint density at radius 1 is 1.30 bits per heavy atom. The lowest BCUT2D eigenvalue weighted by atomic mass is 10.1. The third-order valence-electron chi connectivity index (χ3n) is 4.65. The third kappa shape index (κ3) is 3.85. The Morgan fingerprint density at radius 3 is 2.80 bits per heavy atom. The summed E-state index contributed by atoms with van der Waals surface area (Å²) in [5.41, 5.74) is 1.22. The lowest BCUT2D eigenvalue weighted by Gasteiger charge is -2.18. The molecule has 0 saturated heterocycles. The van der Waals surface area contributed by atoms with Gasteiger partial charge in [0.25, 0.3) is 6.02 Å². The van der Waals surface area contributed by atoms with Crippen molar-refractivity contribution in [3.05, 3.63) is 47.8 Å². The first-order valence-corrected chi connectivity index (χ1v) is 9.39. The molecule has 0 bridgehead atoms. The molecule has 0 spiro atoms. The van der Waals surface area contributed by atoms with Crippen molar-refractivity contribution in [2.24, 2.45) is 4.99 Å². The van der Waals surface area contributed by atoms with E-state index in [1.54, 1.807) is 29.9 Å². The molecule has 1 aliphatic rings. The van der Waals surface area contributed by atoms with Crippen LogP contribution in [0.3, 0.4) is 0 Å². The van der Waals surface area contributed by atoms with Crippen LogP contribution in [0.15, 0.2) is 35.6 Å². The van der Waals surface area contributed by atoms with Crippen molar-refractivity contribution in [1.29, 1.82) is 0 Å². The SMILES string of the molecule is COc1c(F)cc(F)cc1[C@@H](C)Nc1ccn2ncc(NC3=NC(C)(C)CO3)c2n1. The number of hydrogen-bond donors (Lipinski definition) is 2. The monoisotopic (exact) mass is 416 g/mol. The Hall–Kier alpha value is -3.43. The van der Waals surface area contributed by atoms with E-state index in [4.69, 9.17) is 9.47 Å². The summed E-state index contributed by atoms with van der Waals surface area (Å²) in [6.45, 7) is 6.20. The molecule has 0 radical (unpaired) electrons. The number of aliphatic imine (C=N–C) groups is 1. The molecule has 1 atom stereocenters. The average molecular weight is 416 g/mol. The average Bonchev–Trinajstić information content (AvgIpc) is 3.23. The molecular formula is C20H22F2N6O2. The topological polar surface area (TPSA) is 85.1 Å². The van der Waals surface area contributed by atoms with E-state index < -0.39 is 17.7 Å². The van der Waals surface area contributed by atoms with Crippen LogP contribution in [0.2, 0.25) is 0 Å². The zero-order chi connectivity index (χ0) is 21.5. The molecule has 3 aromatic rings. The van der Waals surface area contributed by atoms with Gasteiger partial charge in [-0.1, -0.05) is 0 Å². The summed E-state index contributed by atoms with van der Waals surface area (Å²) >= 11 is 0. The Bertz CT molecular complexity index is 1130. The fraction of sp³-hybridized carbons (Fsp3) is 0.350. The van der Waals surface area contributed by atoms with Crippen molar-refractivity contribution in [3.63, 3.8) is 0 Å². The molecule has 0 fully saturated rings. The Morgan fingerprint density at radius 2 is 2.10 bits per heavy atom. The molecular weight excluding hydrogens is 394 g/mol. The van der Waals surface area contributed by atoms with E-state index >= 15 is 0 Å². The van der Waals surface area contributed by atoms with Gasteiger partial charge in [-0.05, 0) is 32.9 Å². The van der Waals surface area contributed by atoms with Gasteiger partial charge in [-0.2, -0.15) is 5.10 Å². The van der Waals surface area contributed by atoms with Crippen molar-refractivity contribution < 1.29 is 18.3 Å². The van der Waals surface area contributed by atoms with Crippen LogP contribution < -0.4 is 15.4 Å². The van der Waals surface area contributed by atoms with Gasteiger partial charge in [-0.3, -0.25) is 0 Å². The number of aromatic nitrogens is 3. The van der Waals surface area contributed by atoms with E-state index in [0.717, 1.165) is 6.07 Å². The van der Waals surface area contributed by atoms with Crippen molar-refractivity contribution in [2.75, 3.05) is 24.4 Å². The molecule has 2 N–H and O–H groups in total. The Labute approximate surface area is 171 Å². The molecule has 0 aliphatic carbocycles. The van der Waals surface area contributed by atoms with E-state index in [9.17, 15) is 8.78 Å². The predicted molar refractivity (Wildman–Crippen MR) is 109 cm³/mol. The summed E-state index contributed by atoms with van der Waals surface area (Å²) in [5, 5.41) is 10.5. The zero-order valence-electron chi connectivity index (χ0n) is 17.0. The van der Waals surface area contributed by atoms with Gasteiger partial charge < -0.3 is 20.1 Å². The second kappa shape index (κ2) is 7.43. The minimum absolute atomic E-state index is 0.0109. The molecule has 10 heteroatoms. The minimum Gasteiger partial charge on any atom is -0.493 e. The number of nitrogens with one attached hydrogen (secondary N) is 2. The maximum atomic E-state index is 14.0. The summed E-state index contributed by atoms with van der Waals surface area (Å²) < 4.78 is 40.0. The molecule has 0 saturated carbocycles. The first kappa shape index (κ1) is 19.9. The third-order valence-corrected chi connectivity index (χ3v) is 4.65. The number of fused-ring (bicyclic) bond motifs is 1. The molecule has 0 amide bonds. The molecule has 1 aromatic carbocycles. The van der Waals surface area contributed by atoms with E-state index in [2.05, 4.69) is 25.7 Å². The number of amidine groups is 1. The number of halogens is 2. The maximum Gasteiger partial charge on any atom is 0.290 e. The second-order valence-corrected chi connectivity index (χ2v) is 7.66. The number of nitrogens with zero attached hydrogens (tertiary/aromatic N) is 4. The number of methoxy groups -OCH3 is 1.